The molecule has 0 aliphatic rings. The van der Waals surface area contributed by atoms with E-state index in [1.54, 1.807) is 32.4 Å². The van der Waals surface area contributed by atoms with Crippen LogP contribution in [0.25, 0.3) is 10.9 Å². The van der Waals surface area contributed by atoms with E-state index in [2.05, 4.69) is 29.1 Å². The largest absolute Gasteiger partial charge is 0.497 e. The van der Waals surface area contributed by atoms with E-state index in [1.165, 1.54) is 11.8 Å². The van der Waals surface area contributed by atoms with E-state index >= 15 is 0 Å². The molecule has 3 aromatic rings. The number of fused-ring (bicyclic) bond motifs is 1. The first kappa shape index (κ1) is 19.9. The van der Waals surface area contributed by atoms with Crippen molar-refractivity contribution in [2.45, 2.75) is 24.8 Å². The average molecular weight is 398 g/mol. The van der Waals surface area contributed by atoms with Crippen LogP contribution >= 0.6 is 11.8 Å². The predicted octanol–water partition coefficient (Wildman–Crippen LogP) is 4.50. The van der Waals surface area contributed by atoms with Gasteiger partial charge in [0.1, 0.15) is 22.3 Å². The Kier molecular flexibility index (Phi) is 6.36. The summed E-state index contributed by atoms with van der Waals surface area (Å²) in [4.78, 5) is 21.8. The second-order valence-corrected chi connectivity index (χ2v) is 7.46. The Morgan fingerprint density at radius 2 is 1.75 bits per heavy atom. The molecule has 28 heavy (non-hydrogen) atoms. The van der Waals surface area contributed by atoms with E-state index in [0.29, 0.717) is 17.2 Å². The number of nitrogens with one attached hydrogen (secondary N) is 1. The Balaban J connectivity index is 1.76. The Morgan fingerprint density at radius 1 is 1.07 bits per heavy atom. The summed E-state index contributed by atoms with van der Waals surface area (Å²) in [6.45, 7) is 4.11. The number of thioether (sulfide) groups is 1. The fraction of sp³-hybridized carbons (Fsp3) is 0.286. The van der Waals surface area contributed by atoms with Gasteiger partial charge in [0.25, 0.3) is 0 Å². The average Bonchev–Trinajstić information content (AvgIpc) is 2.71. The summed E-state index contributed by atoms with van der Waals surface area (Å²) in [6, 6.07) is 13.1. The van der Waals surface area contributed by atoms with Gasteiger partial charge in [0.15, 0.2) is 0 Å². The normalized spacial score (nSPS) is 10.9. The maximum atomic E-state index is 12.5. The standard InChI is InChI=1S/C21H23N3O3S/c1-13(2)20-23-18-8-6-5-7-17(18)21(24-20)28-12-19(25)22-14-9-15(26-3)11-16(10-14)27-4/h5-11,13H,12H2,1-4H3,(H,22,25). The highest BCUT2D eigenvalue weighted by molar-refractivity contribution is 8.00. The quantitative estimate of drug-likeness (QED) is 0.467. The van der Waals surface area contributed by atoms with E-state index in [9.17, 15) is 4.79 Å². The topological polar surface area (TPSA) is 73.3 Å². The monoisotopic (exact) mass is 397 g/mol. The Morgan fingerprint density at radius 3 is 2.39 bits per heavy atom. The molecule has 0 aliphatic carbocycles. The molecule has 6 nitrogen and oxygen atoms in total. The minimum absolute atomic E-state index is 0.130. The maximum Gasteiger partial charge on any atom is 0.234 e. The molecule has 1 heterocycles. The minimum atomic E-state index is -0.130. The van der Waals surface area contributed by atoms with Gasteiger partial charge in [-0.25, -0.2) is 9.97 Å². The van der Waals surface area contributed by atoms with Crippen molar-refractivity contribution in [1.29, 1.82) is 0 Å². The van der Waals surface area contributed by atoms with Crippen molar-refractivity contribution in [3.63, 3.8) is 0 Å². The van der Waals surface area contributed by atoms with Crippen LogP contribution in [0.3, 0.4) is 0 Å². The maximum absolute atomic E-state index is 12.5. The van der Waals surface area contributed by atoms with Crippen LogP contribution in [0.5, 0.6) is 11.5 Å². The summed E-state index contributed by atoms with van der Waals surface area (Å²) in [5, 5.41) is 4.65. The molecule has 0 atom stereocenters. The van der Waals surface area contributed by atoms with E-state index in [0.717, 1.165) is 21.8 Å². The summed E-state index contributed by atoms with van der Waals surface area (Å²) >= 11 is 1.40. The van der Waals surface area contributed by atoms with E-state index in [1.807, 2.05) is 24.3 Å². The van der Waals surface area contributed by atoms with Crippen LogP contribution < -0.4 is 14.8 Å². The van der Waals surface area contributed by atoms with Gasteiger partial charge in [-0.1, -0.05) is 43.8 Å². The number of nitrogens with zero attached hydrogens (tertiary/aromatic N) is 2. The number of anilines is 1. The van der Waals surface area contributed by atoms with Gasteiger partial charge in [-0.3, -0.25) is 4.79 Å². The molecule has 0 radical (unpaired) electrons. The molecule has 0 saturated carbocycles. The summed E-state index contributed by atoms with van der Waals surface area (Å²) in [7, 11) is 3.14. The van der Waals surface area contributed by atoms with Crippen molar-refractivity contribution in [3.05, 3.63) is 48.3 Å². The molecule has 0 fully saturated rings. The van der Waals surface area contributed by atoms with Gasteiger partial charge in [0.05, 0.1) is 25.5 Å². The molecule has 0 aliphatic heterocycles. The smallest absolute Gasteiger partial charge is 0.234 e. The second kappa shape index (κ2) is 8.93. The first-order chi connectivity index (χ1) is 13.5. The Bertz CT molecular complexity index is 970. The molecule has 3 rings (SSSR count). The molecule has 0 unspecified atom stereocenters. The molecule has 0 bridgehead atoms. The van der Waals surface area contributed by atoms with E-state index in [-0.39, 0.29) is 17.6 Å². The number of hydrogen-bond acceptors (Lipinski definition) is 6. The highest BCUT2D eigenvalue weighted by atomic mass is 32.2. The number of benzene rings is 2. The zero-order chi connectivity index (χ0) is 20.1. The van der Waals surface area contributed by atoms with Crippen molar-refractivity contribution in [2.24, 2.45) is 0 Å². The number of methoxy groups -OCH3 is 2. The van der Waals surface area contributed by atoms with Gasteiger partial charge in [-0.05, 0) is 6.07 Å². The molecule has 7 heteroatoms. The summed E-state index contributed by atoms with van der Waals surface area (Å²) in [5.74, 6) is 2.32. The molecule has 1 aromatic heterocycles. The lowest BCUT2D eigenvalue weighted by Crippen LogP contribution is -2.14. The number of ether oxygens (including phenoxy) is 2. The third kappa shape index (κ3) is 4.72. The SMILES string of the molecule is COc1cc(NC(=O)CSc2nc(C(C)C)nc3ccccc23)cc(OC)c1. The van der Waals surface area contributed by atoms with Crippen LogP contribution in [-0.2, 0) is 4.79 Å². The van der Waals surface area contributed by atoms with Crippen LogP contribution in [-0.4, -0.2) is 35.8 Å². The lowest BCUT2D eigenvalue weighted by atomic mass is 10.2. The molecule has 1 amide bonds. The van der Waals surface area contributed by atoms with Crippen LogP contribution in [0.1, 0.15) is 25.6 Å². The minimum Gasteiger partial charge on any atom is -0.497 e. The van der Waals surface area contributed by atoms with Gasteiger partial charge in [-0.15, -0.1) is 0 Å². The summed E-state index contributed by atoms with van der Waals surface area (Å²) in [6.07, 6.45) is 0. The third-order valence-electron chi connectivity index (χ3n) is 4.08. The van der Waals surface area contributed by atoms with Crippen LogP contribution in [0.2, 0.25) is 0 Å². The summed E-state index contributed by atoms with van der Waals surface area (Å²) in [5.41, 5.74) is 1.51. The predicted molar refractivity (Wildman–Crippen MR) is 113 cm³/mol. The van der Waals surface area contributed by atoms with Crippen LogP contribution in [0, 0.1) is 0 Å². The fourth-order valence-corrected chi connectivity index (χ4v) is 3.47. The highest BCUT2D eigenvalue weighted by Crippen LogP contribution is 2.28. The zero-order valence-corrected chi connectivity index (χ0v) is 17.2. The highest BCUT2D eigenvalue weighted by Gasteiger charge is 2.13. The summed E-state index contributed by atoms with van der Waals surface area (Å²) < 4.78 is 10.5. The molecule has 1 N–H and O–H groups in total. The van der Waals surface area contributed by atoms with Crippen molar-refractivity contribution in [2.75, 3.05) is 25.3 Å². The third-order valence-corrected chi connectivity index (χ3v) is 5.07. The second-order valence-electron chi connectivity index (χ2n) is 6.50. The van der Waals surface area contributed by atoms with Gasteiger partial charge in [0, 0.05) is 35.2 Å². The van der Waals surface area contributed by atoms with Crippen LogP contribution in [0.15, 0.2) is 47.5 Å². The lowest BCUT2D eigenvalue weighted by molar-refractivity contribution is -0.113. The molecule has 2 aromatic carbocycles. The fourth-order valence-electron chi connectivity index (χ4n) is 2.64. The Labute approximate surface area is 168 Å². The first-order valence-corrected chi connectivity index (χ1v) is 9.91. The number of hydrogen-bond donors (Lipinski definition) is 1. The van der Waals surface area contributed by atoms with Gasteiger partial charge >= 0.3 is 0 Å². The number of carbonyl (C=O) groups is 1. The lowest BCUT2D eigenvalue weighted by Gasteiger charge is -2.11. The van der Waals surface area contributed by atoms with Crippen molar-refractivity contribution in [3.8, 4) is 11.5 Å². The van der Waals surface area contributed by atoms with E-state index < -0.39 is 0 Å². The first-order valence-electron chi connectivity index (χ1n) is 8.92. The molecular formula is C21H23N3O3S. The number of para-hydroxylation sites is 1. The number of carbonyl (C=O) groups excluding carboxylic acids is 1. The molecule has 0 saturated heterocycles. The Hall–Kier alpha value is -2.80. The van der Waals surface area contributed by atoms with Crippen LogP contribution in [0.4, 0.5) is 5.69 Å². The van der Waals surface area contributed by atoms with Crippen molar-refractivity contribution < 1.29 is 14.3 Å². The number of amides is 1. The van der Waals surface area contributed by atoms with Gasteiger partial charge in [0.2, 0.25) is 5.91 Å². The van der Waals surface area contributed by atoms with E-state index in [4.69, 9.17) is 9.47 Å². The number of rotatable bonds is 7. The zero-order valence-electron chi connectivity index (χ0n) is 16.4. The van der Waals surface area contributed by atoms with Gasteiger partial charge in [-0.2, -0.15) is 0 Å². The van der Waals surface area contributed by atoms with Crippen molar-refractivity contribution >= 4 is 34.3 Å². The van der Waals surface area contributed by atoms with Gasteiger partial charge < -0.3 is 14.8 Å². The molecule has 146 valence electrons. The molecule has 0 spiro atoms. The molecular weight excluding hydrogens is 374 g/mol. The van der Waals surface area contributed by atoms with Crippen molar-refractivity contribution in [1.82, 2.24) is 9.97 Å². The number of aromatic nitrogens is 2.